The number of likely N-dealkylation sites (tertiary alicyclic amines) is 1. The Kier molecular flexibility index (Phi) is 6.24. The summed E-state index contributed by atoms with van der Waals surface area (Å²) in [5.74, 6) is 0.134. The number of carbonyl (C=O) groups excluding carboxylic acids is 1. The first-order valence-corrected chi connectivity index (χ1v) is 8.98. The van der Waals surface area contributed by atoms with Crippen LogP contribution in [0.5, 0.6) is 0 Å². The number of quaternary nitrogens is 1. The second-order valence-electron chi connectivity index (χ2n) is 6.71. The number of allylic oxidation sites excluding steroid dienone is 2. The quantitative estimate of drug-likeness (QED) is 0.683. The Morgan fingerprint density at radius 2 is 2.18 bits per heavy atom. The number of benzene rings is 1. The number of hydrogen-bond acceptors (Lipinski definition) is 5. The number of nitrogens with zero attached hydrogens (tertiary/aromatic N) is 4. The van der Waals surface area contributed by atoms with Crippen molar-refractivity contribution in [3.8, 4) is 6.07 Å². The van der Waals surface area contributed by atoms with Gasteiger partial charge in [0.1, 0.15) is 24.5 Å². The predicted octanol–water partition coefficient (Wildman–Crippen LogP) is -1.37. The zero-order valence-electron chi connectivity index (χ0n) is 15.2. The molecule has 0 aliphatic carbocycles. The molecule has 3 atom stereocenters. The Balaban J connectivity index is 0.00000225. The fourth-order valence-electron chi connectivity index (χ4n) is 3.62. The van der Waals surface area contributed by atoms with Gasteiger partial charge >= 0.3 is 6.09 Å². The topological polar surface area (TPSA) is 82.5 Å². The van der Waals surface area contributed by atoms with Crippen molar-refractivity contribution in [1.29, 1.82) is 5.26 Å². The number of nitriles is 1. The van der Waals surface area contributed by atoms with Gasteiger partial charge in [0, 0.05) is 12.5 Å². The maximum atomic E-state index is 12.5. The highest BCUT2D eigenvalue weighted by molar-refractivity contribution is 5.81. The van der Waals surface area contributed by atoms with Crippen molar-refractivity contribution in [3.05, 3.63) is 59.7 Å². The molecule has 1 aromatic rings. The van der Waals surface area contributed by atoms with E-state index in [1.807, 2.05) is 49.1 Å². The monoisotopic (exact) mass is 397 g/mol. The second-order valence-corrected chi connectivity index (χ2v) is 6.71. The highest BCUT2D eigenvalue weighted by Gasteiger charge is 2.38. The maximum absolute atomic E-state index is 12.5. The molecule has 1 saturated heterocycles. The van der Waals surface area contributed by atoms with Crippen molar-refractivity contribution < 1.29 is 26.8 Å². The Hall–Kier alpha value is -2.95. The van der Waals surface area contributed by atoms with Crippen LogP contribution in [0.1, 0.15) is 18.4 Å². The van der Waals surface area contributed by atoms with E-state index in [-0.39, 0.29) is 24.9 Å². The van der Waals surface area contributed by atoms with Crippen LogP contribution >= 0.6 is 0 Å². The van der Waals surface area contributed by atoms with Crippen molar-refractivity contribution in [3.63, 3.8) is 0 Å². The van der Waals surface area contributed by atoms with Crippen LogP contribution in [-0.2, 0) is 11.3 Å². The van der Waals surface area contributed by atoms with E-state index in [4.69, 9.17) is 4.74 Å². The van der Waals surface area contributed by atoms with Gasteiger partial charge < -0.3 is 17.1 Å². The SMILES string of the molecule is N#CC1CC(C2=C3C=NC=C[NH+]3C=N2)CCN1C(=O)OCc1ccccc1.[Cl-]. The zero-order valence-corrected chi connectivity index (χ0v) is 15.9. The van der Waals surface area contributed by atoms with Crippen LogP contribution in [0.25, 0.3) is 0 Å². The van der Waals surface area contributed by atoms with Gasteiger partial charge in [0.05, 0.1) is 18.5 Å². The summed E-state index contributed by atoms with van der Waals surface area (Å²) in [6, 6.07) is 11.3. The summed E-state index contributed by atoms with van der Waals surface area (Å²) in [4.78, 5) is 23.8. The minimum Gasteiger partial charge on any atom is -1.00 e. The summed E-state index contributed by atoms with van der Waals surface area (Å²) in [6.45, 7) is 0.684. The van der Waals surface area contributed by atoms with Crippen molar-refractivity contribution in [1.82, 2.24) is 4.90 Å². The predicted molar refractivity (Wildman–Crippen MR) is 99.6 cm³/mol. The highest BCUT2D eigenvalue weighted by Crippen LogP contribution is 2.31. The molecule has 0 aromatic heterocycles. The van der Waals surface area contributed by atoms with Gasteiger partial charge in [0.2, 0.25) is 0 Å². The standard InChI is InChI=1S/C20H19N5O2.ClH/c21-11-17-10-16(19-18-12-22-7-9-24(18)14-23-19)6-8-25(17)20(26)27-13-15-4-2-1-3-5-15;/h1-5,7,9,12,14,16-17H,6,8,10,13H2;1H. The third-order valence-corrected chi connectivity index (χ3v) is 5.05. The van der Waals surface area contributed by atoms with Gasteiger partial charge in [-0.3, -0.25) is 9.89 Å². The molecule has 1 amide bonds. The van der Waals surface area contributed by atoms with Crippen LogP contribution in [0.2, 0.25) is 0 Å². The molecule has 3 unspecified atom stereocenters. The first-order valence-electron chi connectivity index (χ1n) is 8.98. The molecular formula is C20H20ClN5O2. The lowest BCUT2D eigenvalue weighted by Gasteiger charge is -2.34. The number of nitrogens with one attached hydrogen (secondary N) is 1. The molecule has 0 saturated carbocycles. The Morgan fingerprint density at radius 1 is 1.36 bits per heavy atom. The molecule has 28 heavy (non-hydrogen) atoms. The van der Waals surface area contributed by atoms with Gasteiger partial charge in [-0.15, -0.1) is 0 Å². The van der Waals surface area contributed by atoms with Crippen molar-refractivity contribution in [2.75, 3.05) is 6.54 Å². The third kappa shape index (κ3) is 3.98. The number of piperidine rings is 1. The Bertz CT molecular complexity index is 888. The lowest BCUT2D eigenvalue weighted by molar-refractivity contribution is -0.682. The van der Waals surface area contributed by atoms with Gasteiger partial charge in [-0.05, 0) is 18.4 Å². The molecule has 144 valence electrons. The average molecular weight is 398 g/mol. The molecule has 8 heteroatoms. The average Bonchev–Trinajstić information content (AvgIpc) is 3.16. The van der Waals surface area contributed by atoms with Crippen LogP contribution in [0.15, 0.2) is 64.1 Å². The summed E-state index contributed by atoms with van der Waals surface area (Å²) < 4.78 is 5.41. The van der Waals surface area contributed by atoms with Gasteiger partial charge in [0.25, 0.3) is 0 Å². The maximum Gasteiger partial charge on any atom is 0.411 e. The molecule has 4 rings (SSSR count). The van der Waals surface area contributed by atoms with Gasteiger partial charge in [-0.2, -0.15) is 5.26 Å². The molecule has 7 nitrogen and oxygen atoms in total. The third-order valence-electron chi connectivity index (χ3n) is 5.05. The number of rotatable bonds is 3. The minimum atomic E-state index is -0.518. The fraction of sp³-hybridized carbons (Fsp3) is 0.300. The summed E-state index contributed by atoms with van der Waals surface area (Å²) in [5.41, 5.74) is 2.92. The Morgan fingerprint density at radius 3 is 2.96 bits per heavy atom. The summed E-state index contributed by atoms with van der Waals surface area (Å²) in [7, 11) is 0. The molecule has 3 heterocycles. The van der Waals surface area contributed by atoms with E-state index >= 15 is 0 Å². The van der Waals surface area contributed by atoms with E-state index in [9.17, 15) is 10.1 Å². The molecule has 1 aromatic carbocycles. The molecule has 3 aliphatic rings. The summed E-state index contributed by atoms with van der Waals surface area (Å²) in [5, 5.41) is 9.59. The number of fused-ring (bicyclic) bond motifs is 1. The Labute approximate surface area is 169 Å². The van der Waals surface area contributed by atoms with Crippen LogP contribution in [-0.4, -0.2) is 36.1 Å². The number of amides is 1. The first-order chi connectivity index (χ1) is 13.3. The molecule has 0 radical (unpaired) electrons. The number of carbonyl (C=O) groups is 1. The molecule has 3 aliphatic heterocycles. The van der Waals surface area contributed by atoms with Crippen molar-refractivity contribution >= 4 is 18.6 Å². The summed E-state index contributed by atoms with van der Waals surface area (Å²) >= 11 is 0. The highest BCUT2D eigenvalue weighted by atomic mass is 35.5. The van der Waals surface area contributed by atoms with Crippen LogP contribution in [0.3, 0.4) is 0 Å². The minimum absolute atomic E-state index is 0. The molecule has 1 N–H and O–H groups in total. The number of ether oxygens (including phenoxy) is 1. The first kappa shape index (κ1) is 19.8. The van der Waals surface area contributed by atoms with Crippen molar-refractivity contribution in [2.45, 2.75) is 25.5 Å². The van der Waals surface area contributed by atoms with Gasteiger partial charge in [-0.25, -0.2) is 14.7 Å². The lowest BCUT2D eigenvalue weighted by Crippen LogP contribution is -3.04. The molecule has 0 spiro atoms. The van der Waals surface area contributed by atoms with Gasteiger partial charge in [0.15, 0.2) is 12.0 Å². The van der Waals surface area contributed by atoms with Crippen molar-refractivity contribution in [2.24, 2.45) is 15.9 Å². The van der Waals surface area contributed by atoms with E-state index in [0.29, 0.717) is 13.0 Å². The number of aliphatic imine (C=N–C) groups is 2. The fourth-order valence-corrected chi connectivity index (χ4v) is 3.62. The van der Waals surface area contributed by atoms with Crippen LogP contribution in [0.4, 0.5) is 4.79 Å². The largest absolute Gasteiger partial charge is 1.00 e. The van der Waals surface area contributed by atoms with E-state index in [1.54, 1.807) is 6.20 Å². The number of halogens is 1. The smallest absolute Gasteiger partial charge is 0.411 e. The van der Waals surface area contributed by atoms with E-state index < -0.39 is 12.1 Å². The zero-order chi connectivity index (χ0) is 18.6. The van der Waals surface area contributed by atoms with Crippen LogP contribution < -0.4 is 17.3 Å². The molecule has 0 bridgehead atoms. The number of hydrogen-bond donors (Lipinski definition) is 1. The van der Waals surface area contributed by atoms with Crippen LogP contribution in [0, 0.1) is 17.2 Å². The normalized spacial score (nSPS) is 25.1. The van der Waals surface area contributed by atoms with Gasteiger partial charge in [-0.1, -0.05) is 30.3 Å². The van der Waals surface area contributed by atoms with E-state index in [1.165, 1.54) is 4.90 Å². The second kappa shape index (κ2) is 8.83. The van der Waals surface area contributed by atoms with E-state index in [2.05, 4.69) is 16.1 Å². The van der Waals surface area contributed by atoms with E-state index in [0.717, 1.165) is 28.3 Å². The lowest BCUT2D eigenvalue weighted by atomic mass is 9.88. The summed E-state index contributed by atoms with van der Waals surface area (Å²) in [6.07, 6.45) is 8.21. The molecule has 1 fully saturated rings. The molecular weight excluding hydrogens is 378 g/mol.